The molecule has 2 aliphatic heterocycles. The lowest BCUT2D eigenvalue weighted by molar-refractivity contribution is -0.0416. The van der Waals surface area contributed by atoms with Crippen LogP contribution in [0.5, 0.6) is 0 Å². The van der Waals surface area contributed by atoms with E-state index in [0.29, 0.717) is 6.04 Å². The number of nitrogens with one attached hydrogen (secondary N) is 2. The number of fused-ring (bicyclic) bond motifs is 1. The summed E-state index contributed by atoms with van der Waals surface area (Å²) in [5, 5.41) is 6.47. The topological polar surface area (TPSA) is 62.3 Å². The minimum absolute atomic E-state index is 0.247. The Bertz CT molecular complexity index is 467. The molecule has 0 saturated carbocycles. The van der Waals surface area contributed by atoms with Gasteiger partial charge in [-0.2, -0.15) is 0 Å². The molecule has 3 rings (SSSR count). The highest BCUT2D eigenvalue weighted by Gasteiger charge is 2.32. The first-order chi connectivity index (χ1) is 9.78. The molecule has 0 radical (unpaired) electrons. The van der Waals surface area contributed by atoms with Gasteiger partial charge in [0.05, 0.1) is 12.7 Å². The third-order valence-corrected chi connectivity index (χ3v) is 4.28. The predicted molar refractivity (Wildman–Crippen MR) is 79.1 cm³/mol. The zero-order chi connectivity index (χ0) is 13.9. The monoisotopic (exact) mass is 277 g/mol. The Kier molecular flexibility index (Phi) is 4.03. The van der Waals surface area contributed by atoms with Crippen molar-refractivity contribution in [1.82, 2.24) is 14.9 Å². The van der Waals surface area contributed by atoms with E-state index in [1.54, 1.807) is 6.33 Å². The number of rotatable bonds is 4. The molecular formula is C14H23N5O. The number of aromatic nitrogens is 2. The first-order valence-corrected chi connectivity index (χ1v) is 7.37. The summed E-state index contributed by atoms with van der Waals surface area (Å²) in [6.45, 7) is 5.94. The van der Waals surface area contributed by atoms with Crippen LogP contribution >= 0.6 is 0 Å². The third kappa shape index (κ3) is 2.71. The molecule has 0 bridgehead atoms. The molecule has 1 aromatic heterocycles. The lowest BCUT2D eigenvalue weighted by atomic mass is 10.2. The summed E-state index contributed by atoms with van der Waals surface area (Å²) in [6, 6.07) is 0.655. The van der Waals surface area contributed by atoms with Crippen LogP contribution < -0.4 is 10.6 Å². The molecule has 110 valence electrons. The maximum atomic E-state index is 5.95. The van der Waals surface area contributed by atoms with Gasteiger partial charge in [0.1, 0.15) is 18.0 Å². The lowest BCUT2D eigenvalue weighted by Gasteiger charge is -2.35. The highest BCUT2D eigenvalue weighted by atomic mass is 16.5. The zero-order valence-electron chi connectivity index (χ0n) is 12.2. The van der Waals surface area contributed by atoms with E-state index in [0.717, 1.165) is 36.9 Å². The largest absolute Gasteiger partial charge is 0.373 e. The Morgan fingerprint density at radius 1 is 1.40 bits per heavy atom. The second-order valence-corrected chi connectivity index (χ2v) is 5.57. The predicted octanol–water partition coefficient (Wildman–Crippen LogP) is 1.10. The smallest absolute Gasteiger partial charge is 0.134 e. The van der Waals surface area contributed by atoms with E-state index in [9.17, 15) is 0 Å². The van der Waals surface area contributed by atoms with Crippen LogP contribution in [0.3, 0.4) is 0 Å². The number of anilines is 2. The minimum Gasteiger partial charge on any atom is -0.373 e. The van der Waals surface area contributed by atoms with E-state index in [2.05, 4.69) is 25.5 Å². The van der Waals surface area contributed by atoms with Crippen molar-refractivity contribution in [2.24, 2.45) is 0 Å². The fourth-order valence-electron chi connectivity index (χ4n) is 3.10. The summed E-state index contributed by atoms with van der Waals surface area (Å²) in [4.78, 5) is 11.1. The van der Waals surface area contributed by atoms with Gasteiger partial charge in [0.15, 0.2) is 0 Å². The van der Waals surface area contributed by atoms with Gasteiger partial charge in [-0.1, -0.05) is 0 Å². The van der Waals surface area contributed by atoms with Crippen molar-refractivity contribution < 1.29 is 4.74 Å². The van der Waals surface area contributed by atoms with E-state index in [1.165, 1.54) is 19.4 Å². The average Bonchev–Trinajstić information content (AvgIpc) is 2.93. The Labute approximate surface area is 119 Å². The normalized spacial score (nSPS) is 26.3. The molecule has 0 aliphatic carbocycles. The lowest BCUT2D eigenvalue weighted by Crippen LogP contribution is -2.48. The number of nitrogens with zero attached hydrogens (tertiary/aromatic N) is 3. The fraction of sp³-hybridized carbons (Fsp3) is 0.714. The molecule has 2 unspecified atom stereocenters. The first-order valence-electron chi connectivity index (χ1n) is 7.37. The maximum absolute atomic E-state index is 5.95. The second kappa shape index (κ2) is 5.93. The van der Waals surface area contributed by atoms with Crippen molar-refractivity contribution in [3.05, 3.63) is 11.9 Å². The molecule has 2 N–H and O–H groups in total. The van der Waals surface area contributed by atoms with Gasteiger partial charge in [-0.05, 0) is 26.3 Å². The summed E-state index contributed by atoms with van der Waals surface area (Å²) in [6.07, 6.45) is 4.43. The molecule has 2 aliphatic rings. The molecular weight excluding hydrogens is 254 g/mol. The fourth-order valence-corrected chi connectivity index (χ4v) is 3.10. The number of hydrogen-bond donors (Lipinski definition) is 2. The molecule has 6 nitrogen and oxygen atoms in total. The highest BCUT2D eigenvalue weighted by molar-refractivity contribution is 5.56. The number of morpholine rings is 1. The van der Waals surface area contributed by atoms with E-state index in [-0.39, 0.29) is 6.10 Å². The molecule has 0 amide bonds. The van der Waals surface area contributed by atoms with Gasteiger partial charge in [-0.15, -0.1) is 0 Å². The van der Waals surface area contributed by atoms with Gasteiger partial charge in [-0.25, -0.2) is 9.97 Å². The average molecular weight is 277 g/mol. The van der Waals surface area contributed by atoms with E-state index in [4.69, 9.17) is 4.74 Å². The molecule has 2 saturated heterocycles. The Morgan fingerprint density at radius 3 is 3.10 bits per heavy atom. The molecule has 1 aromatic rings. The van der Waals surface area contributed by atoms with Gasteiger partial charge in [0, 0.05) is 31.7 Å². The van der Waals surface area contributed by atoms with Crippen LogP contribution in [0.1, 0.15) is 18.4 Å². The Morgan fingerprint density at radius 2 is 2.25 bits per heavy atom. The standard InChI is InChI=1S/C14H23N5O/c1-10-13(15-2)17-9-18-14(10)16-6-12-7-19-5-3-4-11(19)8-20-12/h9,11-12H,3-8H2,1-2H3,(H2,15,16,17,18). The molecule has 2 fully saturated rings. The molecule has 6 heteroatoms. The zero-order valence-corrected chi connectivity index (χ0v) is 12.2. The van der Waals surface area contributed by atoms with E-state index < -0.39 is 0 Å². The van der Waals surface area contributed by atoms with Crippen molar-refractivity contribution >= 4 is 11.6 Å². The number of hydrogen-bond acceptors (Lipinski definition) is 6. The first kappa shape index (κ1) is 13.6. The van der Waals surface area contributed by atoms with Crippen LogP contribution in [0.25, 0.3) is 0 Å². The summed E-state index contributed by atoms with van der Waals surface area (Å²) in [5.41, 5.74) is 1.05. The Hall–Kier alpha value is -1.40. The quantitative estimate of drug-likeness (QED) is 0.859. The summed E-state index contributed by atoms with van der Waals surface area (Å²) >= 11 is 0. The van der Waals surface area contributed by atoms with Gasteiger partial charge >= 0.3 is 0 Å². The minimum atomic E-state index is 0.247. The van der Waals surface area contributed by atoms with Gasteiger partial charge < -0.3 is 15.4 Å². The van der Waals surface area contributed by atoms with Crippen LogP contribution in [-0.4, -0.2) is 60.3 Å². The van der Waals surface area contributed by atoms with Crippen molar-refractivity contribution in [2.75, 3.05) is 43.9 Å². The van der Waals surface area contributed by atoms with Crippen LogP contribution in [0.4, 0.5) is 11.6 Å². The van der Waals surface area contributed by atoms with Crippen LogP contribution in [0.15, 0.2) is 6.33 Å². The molecule has 2 atom stereocenters. The molecule has 0 spiro atoms. The van der Waals surface area contributed by atoms with E-state index in [1.807, 2.05) is 14.0 Å². The molecule has 3 heterocycles. The Balaban J connectivity index is 1.57. The molecule has 0 aromatic carbocycles. The SMILES string of the molecule is CNc1ncnc(NCC2CN3CCCC3CO2)c1C. The highest BCUT2D eigenvalue weighted by Crippen LogP contribution is 2.23. The van der Waals surface area contributed by atoms with E-state index >= 15 is 0 Å². The van der Waals surface area contributed by atoms with Crippen LogP contribution in [0, 0.1) is 6.92 Å². The van der Waals surface area contributed by atoms with Gasteiger partial charge in [0.2, 0.25) is 0 Å². The van der Waals surface area contributed by atoms with Crippen molar-refractivity contribution in [2.45, 2.75) is 31.9 Å². The second-order valence-electron chi connectivity index (χ2n) is 5.57. The summed E-state index contributed by atoms with van der Waals surface area (Å²) < 4.78 is 5.95. The molecule has 20 heavy (non-hydrogen) atoms. The van der Waals surface area contributed by atoms with Gasteiger partial charge in [0.25, 0.3) is 0 Å². The van der Waals surface area contributed by atoms with Crippen molar-refractivity contribution in [3.8, 4) is 0 Å². The maximum Gasteiger partial charge on any atom is 0.134 e. The van der Waals surface area contributed by atoms with Crippen molar-refractivity contribution in [3.63, 3.8) is 0 Å². The summed E-state index contributed by atoms with van der Waals surface area (Å²) in [7, 11) is 1.87. The van der Waals surface area contributed by atoms with Gasteiger partial charge in [-0.3, -0.25) is 4.90 Å². The summed E-state index contributed by atoms with van der Waals surface area (Å²) in [5.74, 6) is 1.75. The number of ether oxygens (including phenoxy) is 1. The third-order valence-electron chi connectivity index (χ3n) is 4.28. The van der Waals surface area contributed by atoms with Crippen LogP contribution in [-0.2, 0) is 4.74 Å². The van der Waals surface area contributed by atoms with Crippen LogP contribution in [0.2, 0.25) is 0 Å². The van der Waals surface area contributed by atoms with Crippen molar-refractivity contribution in [1.29, 1.82) is 0 Å².